The minimum Gasteiger partial charge on any atom is -0.327 e. The Hall–Kier alpha value is -3.58. The Balaban J connectivity index is 1.64. The topological polar surface area (TPSA) is 92.1 Å². The van der Waals surface area contributed by atoms with Gasteiger partial charge in [-0.15, -0.1) is 5.06 Å². The zero-order valence-corrected chi connectivity index (χ0v) is 20.3. The summed E-state index contributed by atoms with van der Waals surface area (Å²) in [5.41, 5.74) is -0.564. The summed E-state index contributed by atoms with van der Waals surface area (Å²) >= 11 is 0. The van der Waals surface area contributed by atoms with E-state index in [1.807, 2.05) is 41.3 Å². The first-order chi connectivity index (χ1) is 17.6. The molecule has 1 N–H and O–H groups in total. The number of rotatable bonds is 5. The predicted molar refractivity (Wildman–Crippen MR) is 130 cm³/mol. The van der Waals surface area contributed by atoms with Crippen LogP contribution in [-0.4, -0.2) is 64.7 Å². The number of likely N-dealkylation sites (tertiary alicyclic amines) is 1. The van der Waals surface area contributed by atoms with Crippen LogP contribution in [0.15, 0.2) is 46.0 Å². The molecule has 0 amide bonds. The van der Waals surface area contributed by atoms with Gasteiger partial charge in [0.15, 0.2) is 17.8 Å². The first kappa shape index (κ1) is 25.1. The SMILES string of the molecule is Cn1c2c(c(=O)n(C)c1=O)N(CC=Cc1ccccc1)C(N1CCC3CNCC31)N2OC(=O)C(F)(F)F. The molecule has 0 aliphatic carbocycles. The average molecular weight is 521 g/mol. The van der Waals surface area contributed by atoms with Gasteiger partial charge in [-0.2, -0.15) is 13.2 Å². The van der Waals surface area contributed by atoms with E-state index in [1.54, 1.807) is 11.0 Å². The molecule has 0 bridgehead atoms. The normalized spacial score (nSPS) is 23.6. The van der Waals surface area contributed by atoms with Gasteiger partial charge >= 0.3 is 17.8 Å². The Morgan fingerprint density at radius 1 is 1.14 bits per heavy atom. The molecular weight excluding hydrogens is 493 g/mol. The molecule has 3 aliphatic heterocycles. The van der Waals surface area contributed by atoms with Crippen LogP contribution in [-0.2, 0) is 23.7 Å². The Bertz CT molecular complexity index is 1340. The fourth-order valence-electron chi connectivity index (χ4n) is 5.44. The van der Waals surface area contributed by atoms with Gasteiger partial charge in [0.25, 0.3) is 5.56 Å². The summed E-state index contributed by atoms with van der Waals surface area (Å²) < 4.78 is 41.9. The monoisotopic (exact) mass is 520 g/mol. The third-order valence-electron chi connectivity index (χ3n) is 7.20. The van der Waals surface area contributed by atoms with Gasteiger partial charge in [0.1, 0.15) is 0 Å². The zero-order chi connectivity index (χ0) is 26.5. The summed E-state index contributed by atoms with van der Waals surface area (Å²) in [6.45, 7) is 1.99. The van der Waals surface area contributed by atoms with Gasteiger partial charge in [-0.05, 0) is 24.4 Å². The van der Waals surface area contributed by atoms with Crippen LogP contribution in [0.3, 0.4) is 0 Å². The molecule has 2 fully saturated rings. The van der Waals surface area contributed by atoms with Gasteiger partial charge in [-0.3, -0.25) is 18.8 Å². The van der Waals surface area contributed by atoms with Gasteiger partial charge < -0.3 is 15.1 Å². The zero-order valence-electron chi connectivity index (χ0n) is 20.3. The van der Waals surface area contributed by atoms with Crippen molar-refractivity contribution in [2.24, 2.45) is 20.0 Å². The molecule has 37 heavy (non-hydrogen) atoms. The van der Waals surface area contributed by atoms with Gasteiger partial charge in [0, 0.05) is 39.8 Å². The summed E-state index contributed by atoms with van der Waals surface area (Å²) in [6, 6.07) is 9.35. The maximum Gasteiger partial charge on any atom is 0.493 e. The van der Waals surface area contributed by atoms with E-state index < -0.39 is 29.7 Å². The molecule has 0 radical (unpaired) electrons. The van der Waals surface area contributed by atoms with Gasteiger partial charge in [-0.1, -0.05) is 42.5 Å². The number of hydrogen-bond donors (Lipinski definition) is 1. The number of carbonyl (C=O) groups is 1. The molecule has 3 atom stereocenters. The molecule has 4 heterocycles. The van der Waals surface area contributed by atoms with Crippen LogP contribution in [0.1, 0.15) is 12.0 Å². The Morgan fingerprint density at radius 3 is 2.57 bits per heavy atom. The second-order valence-corrected chi connectivity index (χ2v) is 9.40. The number of nitrogens with zero attached hydrogens (tertiary/aromatic N) is 5. The van der Waals surface area contributed by atoms with Crippen molar-refractivity contribution in [3.63, 3.8) is 0 Å². The third kappa shape index (κ3) is 4.31. The second kappa shape index (κ2) is 9.38. The number of halogens is 3. The summed E-state index contributed by atoms with van der Waals surface area (Å²) in [4.78, 5) is 46.7. The van der Waals surface area contributed by atoms with Crippen LogP contribution < -0.4 is 26.5 Å². The molecule has 2 saturated heterocycles. The lowest BCUT2D eigenvalue weighted by atomic mass is 10.1. The van der Waals surface area contributed by atoms with E-state index in [-0.39, 0.29) is 30.0 Å². The first-order valence-electron chi connectivity index (χ1n) is 11.9. The molecule has 2 aromatic rings. The highest BCUT2D eigenvalue weighted by Gasteiger charge is 2.53. The number of aromatic nitrogens is 2. The third-order valence-corrected chi connectivity index (χ3v) is 7.20. The number of fused-ring (bicyclic) bond motifs is 2. The lowest BCUT2D eigenvalue weighted by Gasteiger charge is -2.39. The number of hydrogen-bond acceptors (Lipinski definition) is 8. The van der Waals surface area contributed by atoms with Crippen molar-refractivity contribution in [2.75, 3.05) is 36.1 Å². The quantitative estimate of drug-likeness (QED) is 0.625. The van der Waals surface area contributed by atoms with Crippen LogP contribution in [0.2, 0.25) is 0 Å². The number of benzene rings is 1. The molecule has 3 unspecified atom stereocenters. The fraction of sp³-hybridized carbons (Fsp3) is 0.458. The van der Waals surface area contributed by atoms with E-state index in [0.29, 0.717) is 13.1 Å². The van der Waals surface area contributed by atoms with Crippen LogP contribution in [0.5, 0.6) is 0 Å². The Morgan fingerprint density at radius 2 is 1.86 bits per heavy atom. The molecule has 1 aromatic heterocycles. The summed E-state index contributed by atoms with van der Waals surface area (Å²) in [5.74, 6) is -2.37. The number of hydroxylamine groups is 1. The van der Waals surface area contributed by atoms with Gasteiger partial charge in [0.2, 0.25) is 0 Å². The van der Waals surface area contributed by atoms with E-state index in [1.165, 1.54) is 14.1 Å². The molecule has 198 valence electrons. The van der Waals surface area contributed by atoms with Crippen molar-refractivity contribution in [3.05, 3.63) is 62.8 Å². The molecule has 3 aliphatic rings. The van der Waals surface area contributed by atoms with Crippen LogP contribution in [0.4, 0.5) is 24.7 Å². The van der Waals surface area contributed by atoms with Crippen LogP contribution >= 0.6 is 0 Å². The predicted octanol–water partition coefficient (Wildman–Crippen LogP) is 1.02. The molecule has 1 aromatic carbocycles. The second-order valence-electron chi connectivity index (χ2n) is 9.40. The maximum atomic E-state index is 13.4. The van der Waals surface area contributed by atoms with Crippen molar-refractivity contribution in [2.45, 2.75) is 24.9 Å². The first-order valence-corrected chi connectivity index (χ1v) is 11.9. The summed E-state index contributed by atoms with van der Waals surface area (Å²) in [5, 5.41) is 4.08. The van der Waals surface area contributed by atoms with Gasteiger partial charge in [0.05, 0.1) is 0 Å². The largest absolute Gasteiger partial charge is 0.493 e. The van der Waals surface area contributed by atoms with E-state index in [2.05, 4.69) is 5.32 Å². The molecule has 0 saturated carbocycles. The number of nitrogens with one attached hydrogen (secondary N) is 1. The average Bonchev–Trinajstić information content (AvgIpc) is 3.55. The Kier molecular flexibility index (Phi) is 6.36. The Labute approximate surface area is 210 Å². The standard InChI is InChI=1S/C24H27F3N6O4/c1-29-19-18(20(34)30(2)23(29)36)32(11-6-9-15-7-4-3-5-8-15)22(33(19)37-21(35)24(25,26)27)31-12-10-16-13-28-14-17(16)31/h3-9,16-17,22,28H,10-14H2,1-2H3. The molecule has 13 heteroatoms. The van der Waals surface area contributed by atoms with E-state index in [9.17, 15) is 27.6 Å². The number of carbonyl (C=O) groups excluding carboxylic acids is 1. The molecule has 5 rings (SSSR count). The number of alkyl halides is 3. The summed E-state index contributed by atoms with van der Waals surface area (Å²) in [6.07, 6.45) is -1.93. The molecule has 0 spiro atoms. The maximum absolute atomic E-state index is 13.4. The van der Waals surface area contributed by atoms with Crippen molar-refractivity contribution in [1.29, 1.82) is 0 Å². The van der Waals surface area contributed by atoms with Crippen molar-refractivity contribution in [3.8, 4) is 0 Å². The lowest BCUT2D eigenvalue weighted by Crippen LogP contribution is -2.59. The highest BCUT2D eigenvalue weighted by atomic mass is 19.4. The molecule has 10 nitrogen and oxygen atoms in total. The van der Waals surface area contributed by atoms with E-state index in [4.69, 9.17) is 4.84 Å². The lowest BCUT2D eigenvalue weighted by molar-refractivity contribution is -0.203. The van der Waals surface area contributed by atoms with Crippen molar-refractivity contribution < 1.29 is 22.8 Å². The fourth-order valence-corrected chi connectivity index (χ4v) is 5.44. The van der Waals surface area contributed by atoms with Crippen molar-refractivity contribution >= 4 is 23.6 Å². The van der Waals surface area contributed by atoms with E-state index in [0.717, 1.165) is 32.7 Å². The smallest absolute Gasteiger partial charge is 0.327 e. The van der Waals surface area contributed by atoms with Gasteiger partial charge in [-0.25, -0.2) is 9.59 Å². The highest BCUT2D eigenvalue weighted by molar-refractivity contribution is 5.80. The van der Waals surface area contributed by atoms with Crippen molar-refractivity contribution in [1.82, 2.24) is 19.4 Å². The molecular formula is C24H27F3N6O4. The summed E-state index contributed by atoms with van der Waals surface area (Å²) in [7, 11) is 2.63. The van der Waals surface area contributed by atoms with E-state index >= 15 is 0 Å². The number of anilines is 2. The minimum absolute atomic E-state index is 0.0170. The highest BCUT2D eigenvalue weighted by Crippen LogP contribution is 2.42. The minimum atomic E-state index is -5.27. The van der Waals surface area contributed by atoms with Crippen LogP contribution in [0, 0.1) is 5.92 Å². The van der Waals surface area contributed by atoms with Crippen LogP contribution in [0.25, 0.3) is 6.08 Å².